The predicted molar refractivity (Wildman–Crippen MR) is 71.2 cm³/mol. The third kappa shape index (κ3) is 2.86. The van der Waals surface area contributed by atoms with E-state index in [1.807, 2.05) is 6.92 Å². The number of hydrogen-bond donors (Lipinski definition) is 3. The number of hydrogen-bond acceptors (Lipinski definition) is 3. The molecule has 4 nitrogen and oxygen atoms in total. The second-order valence-corrected chi connectivity index (χ2v) is 6.39. The van der Waals surface area contributed by atoms with Gasteiger partial charge >= 0.3 is 0 Å². The Hall–Kier alpha value is -0.610. The molecule has 0 aromatic heterocycles. The summed E-state index contributed by atoms with van der Waals surface area (Å²) in [4.78, 5) is 12.3. The zero-order chi connectivity index (χ0) is 13.1. The average Bonchev–Trinajstić information content (AvgIpc) is 2.86. The molecule has 0 aromatic carbocycles. The van der Waals surface area contributed by atoms with Gasteiger partial charge in [0.25, 0.3) is 0 Å². The highest BCUT2D eigenvalue weighted by Crippen LogP contribution is 2.37. The topological polar surface area (TPSA) is 61.4 Å². The zero-order valence-corrected chi connectivity index (χ0v) is 11.4. The number of carbonyl (C=O) groups is 1. The summed E-state index contributed by atoms with van der Waals surface area (Å²) in [6, 6.07) is 0. The molecule has 1 heterocycles. The fraction of sp³-hybridized carbons (Fsp3) is 0.929. The molecule has 0 aromatic rings. The Morgan fingerprint density at radius 2 is 2.00 bits per heavy atom. The van der Waals surface area contributed by atoms with Gasteiger partial charge < -0.3 is 15.7 Å². The van der Waals surface area contributed by atoms with Gasteiger partial charge in [-0.2, -0.15) is 0 Å². The molecule has 18 heavy (non-hydrogen) atoms. The van der Waals surface area contributed by atoms with Crippen LogP contribution in [0.4, 0.5) is 0 Å². The summed E-state index contributed by atoms with van der Waals surface area (Å²) in [5.74, 6) is 0.148. The molecule has 1 saturated carbocycles. The molecule has 1 amide bonds. The maximum Gasteiger partial charge on any atom is 0.227 e. The van der Waals surface area contributed by atoms with Crippen molar-refractivity contribution in [2.75, 3.05) is 26.2 Å². The van der Waals surface area contributed by atoms with E-state index < -0.39 is 0 Å². The fourth-order valence-corrected chi connectivity index (χ4v) is 3.25. The lowest BCUT2D eigenvalue weighted by atomic mass is 9.81. The van der Waals surface area contributed by atoms with Crippen LogP contribution in [-0.2, 0) is 4.79 Å². The van der Waals surface area contributed by atoms with E-state index in [0.717, 1.165) is 38.8 Å². The Bertz CT molecular complexity index is 292. The molecule has 1 aliphatic heterocycles. The van der Waals surface area contributed by atoms with Crippen molar-refractivity contribution in [1.82, 2.24) is 10.6 Å². The smallest absolute Gasteiger partial charge is 0.227 e. The standard InChI is InChI=1S/C14H26N2O2/c1-13(5-4-8-15-9-13)12(18)16-10-14(11-17)6-2-3-7-14/h15,17H,2-11H2,1H3,(H,16,18)/t13-/m1/s1. The van der Waals surface area contributed by atoms with Crippen molar-refractivity contribution in [1.29, 1.82) is 0 Å². The minimum absolute atomic E-state index is 0.0475. The van der Waals surface area contributed by atoms with Crippen LogP contribution in [0, 0.1) is 10.8 Å². The summed E-state index contributed by atoms with van der Waals surface area (Å²) in [5.41, 5.74) is -0.318. The van der Waals surface area contributed by atoms with Gasteiger partial charge in [0.1, 0.15) is 0 Å². The van der Waals surface area contributed by atoms with Crippen LogP contribution in [0.15, 0.2) is 0 Å². The van der Waals surface area contributed by atoms with E-state index in [2.05, 4.69) is 10.6 Å². The van der Waals surface area contributed by atoms with Gasteiger partial charge in [0.15, 0.2) is 0 Å². The first-order valence-electron chi connectivity index (χ1n) is 7.20. The summed E-state index contributed by atoms with van der Waals surface area (Å²) in [6.07, 6.45) is 6.45. The van der Waals surface area contributed by atoms with Crippen LogP contribution in [-0.4, -0.2) is 37.3 Å². The van der Waals surface area contributed by atoms with Crippen molar-refractivity contribution in [3.63, 3.8) is 0 Å². The van der Waals surface area contributed by atoms with Crippen LogP contribution in [0.5, 0.6) is 0 Å². The van der Waals surface area contributed by atoms with E-state index >= 15 is 0 Å². The van der Waals surface area contributed by atoms with Gasteiger partial charge in [0.2, 0.25) is 5.91 Å². The number of carbonyl (C=O) groups excluding carboxylic acids is 1. The van der Waals surface area contributed by atoms with Crippen LogP contribution in [0.1, 0.15) is 45.4 Å². The number of aliphatic hydroxyl groups excluding tert-OH is 1. The molecular formula is C14H26N2O2. The van der Waals surface area contributed by atoms with Gasteiger partial charge in [-0.05, 0) is 39.2 Å². The normalized spacial score (nSPS) is 31.2. The third-order valence-electron chi connectivity index (χ3n) is 4.77. The number of rotatable bonds is 4. The maximum absolute atomic E-state index is 12.3. The van der Waals surface area contributed by atoms with Crippen molar-refractivity contribution in [2.24, 2.45) is 10.8 Å². The van der Waals surface area contributed by atoms with Crippen LogP contribution in [0.3, 0.4) is 0 Å². The molecule has 1 atom stereocenters. The van der Waals surface area contributed by atoms with Crippen molar-refractivity contribution >= 4 is 5.91 Å². The molecule has 0 unspecified atom stereocenters. The van der Waals surface area contributed by atoms with E-state index in [0.29, 0.717) is 6.54 Å². The molecule has 1 aliphatic carbocycles. The average molecular weight is 254 g/mol. The number of nitrogens with one attached hydrogen (secondary N) is 2. The van der Waals surface area contributed by atoms with E-state index in [1.165, 1.54) is 12.8 Å². The zero-order valence-electron chi connectivity index (χ0n) is 11.4. The fourth-order valence-electron chi connectivity index (χ4n) is 3.25. The largest absolute Gasteiger partial charge is 0.396 e. The van der Waals surface area contributed by atoms with Gasteiger partial charge in [-0.15, -0.1) is 0 Å². The molecule has 1 saturated heterocycles. The molecule has 4 heteroatoms. The van der Waals surface area contributed by atoms with Crippen molar-refractivity contribution in [3.8, 4) is 0 Å². The Morgan fingerprint density at radius 3 is 2.56 bits per heavy atom. The second-order valence-electron chi connectivity index (χ2n) is 6.39. The molecule has 2 fully saturated rings. The summed E-state index contributed by atoms with van der Waals surface area (Å²) in [6.45, 7) is 4.66. The quantitative estimate of drug-likeness (QED) is 0.702. The Kier molecular flexibility index (Phi) is 4.28. The molecule has 2 rings (SSSR count). The molecule has 2 aliphatic rings. The molecule has 104 valence electrons. The molecular weight excluding hydrogens is 228 g/mol. The first kappa shape index (κ1) is 13.8. The van der Waals surface area contributed by atoms with Crippen LogP contribution < -0.4 is 10.6 Å². The van der Waals surface area contributed by atoms with E-state index in [4.69, 9.17) is 0 Å². The van der Waals surface area contributed by atoms with E-state index in [-0.39, 0.29) is 23.3 Å². The highest BCUT2D eigenvalue weighted by Gasteiger charge is 2.38. The molecule has 3 N–H and O–H groups in total. The van der Waals surface area contributed by atoms with Crippen LogP contribution in [0.25, 0.3) is 0 Å². The Labute approximate surface area is 110 Å². The lowest BCUT2D eigenvalue weighted by molar-refractivity contribution is -0.131. The van der Waals surface area contributed by atoms with Gasteiger partial charge in [-0.3, -0.25) is 4.79 Å². The number of piperidine rings is 1. The maximum atomic E-state index is 12.3. The van der Waals surface area contributed by atoms with E-state index in [1.54, 1.807) is 0 Å². The summed E-state index contributed by atoms with van der Waals surface area (Å²) in [5, 5.41) is 15.9. The van der Waals surface area contributed by atoms with Crippen molar-refractivity contribution in [3.05, 3.63) is 0 Å². The lowest BCUT2D eigenvalue weighted by Crippen LogP contribution is -2.51. The minimum atomic E-state index is -0.270. The monoisotopic (exact) mass is 254 g/mol. The predicted octanol–water partition coefficient (Wildman–Crippen LogP) is 1.04. The van der Waals surface area contributed by atoms with Crippen molar-refractivity contribution < 1.29 is 9.90 Å². The minimum Gasteiger partial charge on any atom is -0.396 e. The first-order valence-corrected chi connectivity index (χ1v) is 7.20. The SMILES string of the molecule is C[C@@]1(C(=O)NCC2(CO)CCCC2)CCCNC1. The highest BCUT2D eigenvalue weighted by atomic mass is 16.3. The summed E-state index contributed by atoms with van der Waals surface area (Å²) >= 11 is 0. The van der Waals surface area contributed by atoms with Gasteiger partial charge in [0, 0.05) is 18.5 Å². The Morgan fingerprint density at radius 1 is 1.28 bits per heavy atom. The van der Waals surface area contributed by atoms with Crippen LogP contribution >= 0.6 is 0 Å². The van der Waals surface area contributed by atoms with Crippen molar-refractivity contribution in [2.45, 2.75) is 45.4 Å². The summed E-state index contributed by atoms with van der Waals surface area (Å²) < 4.78 is 0. The highest BCUT2D eigenvalue weighted by molar-refractivity contribution is 5.82. The summed E-state index contributed by atoms with van der Waals surface area (Å²) in [7, 11) is 0. The molecule has 0 bridgehead atoms. The van der Waals surface area contributed by atoms with Gasteiger partial charge in [-0.1, -0.05) is 12.8 Å². The Balaban J connectivity index is 1.87. The number of aliphatic hydroxyl groups is 1. The molecule has 0 spiro atoms. The first-order chi connectivity index (χ1) is 8.60. The second kappa shape index (κ2) is 5.57. The third-order valence-corrected chi connectivity index (χ3v) is 4.77. The van der Waals surface area contributed by atoms with Gasteiger partial charge in [0.05, 0.1) is 12.0 Å². The molecule has 0 radical (unpaired) electrons. The van der Waals surface area contributed by atoms with E-state index in [9.17, 15) is 9.90 Å². The van der Waals surface area contributed by atoms with Crippen LogP contribution in [0.2, 0.25) is 0 Å². The van der Waals surface area contributed by atoms with Gasteiger partial charge in [-0.25, -0.2) is 0 Å². The lowest BCUT2D eigenvalue weighted by Gasteiger charge is -2.34. The number of amides is 1.